The van der Waals surface area contributed by atoms with E-state index in [1.165, 1.54) is 23.6 Å². The Morgan fingerprint density at radius 3 is 2.58 bits per heavy atom. The standard InChI is InChI=1S/C12H21N3O3S/c1-10(2)18-7-6-15(3)19(16,17)12-5-4-11(8-13)14-9-12/h4-5,9-10H,6-8,13H2,1-3H3. The van der Waals surface area contributed by atoms with Gasteiger partial charge in [-0.25, -0.2) is 8.42 Å². The molecule has 7 heteroatoms. The van der Waals surface area contributed by atoms with Crippen LogP contribution in [0.1, 0.15) is 19.5 Å². The highest BCUT2D eigenvalue weighted by Crippen LogP contribution is 2.13. The molecule has 0 spiro atoms. The molecule has 6 nitrogen and oxygen atoms in total. The number of nitrogens with zero attached hydrogens (tertiary/aromatic N) is 2. The first kappa shape index (κ1) is 16.0. The lowest BCUT2D eigenvalue weighted by Crippen LogP contribution is -2.31. The summed E-state index contributed by atoms with van der Waals surface area (Å²) in [6.07, 6.45) is 1.42. The molecule has 1 aromatic heterocycles. The summed E-state index contributed by atoms with van der Waals surface area (Å²) in [5.74, 6) is 0. The molecule has 0 bridgehead atoms. The van der Waals surface area contributed by atoms with Crippen LogP contribution in [0, 0.1) is 0 Å². The average molecular weight is 287 g/mol. The van der Waals surface area contributed by atoms with Gasteiger partial charge in [0.25, 0.3) is 0 Å². The first-order valence-electron chi connectivity index (χ1n) is 6.11. The van der Waals surface area contributed by atoms with E-state index >= 15 is 0 Å². The van der Waals surface area contributed by atoms with Gasteiger partial charge in [-0.1, -0.05) is 0 Å². The predicted octanol–water partition coefficient (Wildman–Crippen LogP) is 0.586. The van der Waals surface area contributed by atoms with Crippen molar-refractivity contribution in [2.45, 2.75) is 31.4 Å². The summed E-state index contributed by atoms with van der Waals surface area (Å²) in [7, 11) is -1.99. The van der Waals surface area contributed by atoms with E-state index in [-0.39, 0.29) is 11.0 Å². The van der Waals surface area contributed by atoms with E-state index in [4.69, 9.17) is 10.5 Å². The molecule has 0 aromatic carbocycles. The van der Waals surface area contributed by atoms with Crippen LogP contribution in [-0.4, -0.2) is 44.0 Å². The minimum atomic E-state index is -3.51. The number of likely N-dealkylation sites (N-methyl/N-ethyl adjacent to an activating group) is 1. The molecular weight excluding hydrogens is 266 g/mol. The Labute approximate surface area is 114 Å². The Hall–Kier alpha value is -1.02. The van der Waals surface area contributed by atoms with Gasteiger partial charge in [0.05, 0.1) is 18.4 Å². The Morgan fingerprint density at radius 1 is 1.42 bits per heavy atom. The van der Waals surface area contributed by atoms with Crippen molar-refractivity contribution in [1.29, 1.82) is 0 Å². The number of aromatic nitrogens is 1. The van der Waals surface area contributed by atoms with Crippen molar-refractivity contribution in [1.82, 2.24) is 9.29 Å². The summed E-state index contributed by atoms with van der Waals surface area (Å²) in [4.78, 5) is 4.16. The van der Waals surface area contributed by atoms with Crippen LogP contribution >= 0.6 is 0 Å². The minimum Gasteiger partial charge on any atom is -0.377 e. The van der Waals surface area contributed by atoms with Gasteiger partial charge in [0.2, 0.25) is 10.0 Å². The van der Waals surface area contributed by atoms with Gasteiger partial charge in [-0.2, -0.15) is 4.31 Å². The number of ether oxygens (including phenoxy) is 1. The SMILES string of the molecule is CC(C)OCCN(C)S(=O)(=O)c1ccc(CN)nc1. The maximum absolute atomic E-state index is 12.2. The fraction of sp³-hybridized carbons (Fsp3) is 0.583. The van der Waals surface area contributed by atoms with Gasteiger partial charge in [-0.15, -0.1) is 0 Å². The predicted molar refractivity (Wildman–Crippen MR) is 73.0 cm³/mol. The molecule has 0 unspecified atom stereocenters. The summed E-state index contributed by atoms with van der Waals surface area (Å²) in [5, 5.41) is 0. The molecule has 0 atom stereocenters. The van der Waals surface area contributed by atoms with Gasteiger partial charge in [-0.05, 0) is 26.0 Å². The zero-order valence-corrected chi connectivity index (χ0v) is 12.4. The highest BCUT2D eigenvalue weighted by Gasteiger charge is 2.20. The van der Waals surface area contributed by atoms with Crippen molar-refractivity contribution in [2.24, 2.45) is 5.73 Å². The van der Waals surface area contributed by atoms with Gasteiger partial charge in [0.15, 0.2) is 0 Å². The van der Waals surface area contributed by atoms with E-state index < -0.39 is 10.0 Å². The summed E-state index contributed by atoms with van der Waals surface area (Å²) >= 11 is 0. The lowest BCUT2D eigenvalue weighted by molar-refractivity contribution is 0.0737. The van der Waals surface area contributed by atoms with Crippen LogP contribution in [0.15, 0.2) is 23.2 Å². The van der Waals surface area contributed by atoms with Crippen LogP contribution in [0.2, 0.25) is 0 Å². The van der Waals surface area contributed by atoms with Gasteiger partial charge in [-0.3, -0.25) is 4.98 Å². The maximum atomic E-state index is 12.2. The van der Waals surface area contributed by atoms with Gasteiger partial charge in [0.1, 0.15) is 4.90 Å². The molecule has 1 heterocycles. The summed E-state index contributed by atoms with van der Waals surface area (Å²) in [6, 6.07) is 3.13. The lowest BCUT2D eigenvalue weighted by atomic mass is 10.4. The number of hydrogen-bond acceptors (Lipinski definition) is 5. The quantitative estimate of drug-likeness (QED) is 0.793. The normalized spacial score (nSPS) is 12.3. The highest BCUT2D eigenvalue weighted by molar-refractivity contribution is 7.89. The molecule has 0 aliphatic carbocycles. The van der Waals surface area contributed by atoms with Crippen LogP contribution in [0.4, 0.5) is 0 Å². The minimum absolute atomic E-state index is 0.0848. The maximum Gasteiger partial charge on any atom is 0.244 e. The third kappa shape index (κ3) is 4.54. The van der Waals surface area contributed by atoms with Crippen molar-refractivity contribution in [2.75, 3.05) is 20.2 Å². The summed E-state index contributed by atoms with van der Waals surface area (Å²) in [5.41, 5.74) is 6.08. The van der Waals surface area contributed by atoms with Crippen molar-refractivity contribution in [3.05, 3.63) is 24.0 Å². The summed E-state index contributed by atoms with van der Waals surface area (Å²) < 4.78 is 31.0. The van der Waals surface area contributed by atoms with E-state index in [9.17, 15) is 8.42 Å². The van der Waals surface area contributed by atoms with E-state index in [0.29, 0.717) is 25.4 Å². The molecule has 0 fully saturated rings. The molecule has 0 saturated heterocycles. The van der Waals surface area contributed by atoms with Crippen LogP contribution in [0.5, 0.6) is 0 Å². The van der Waals surface area contributed by atoms with Crippen molar-refractivity contribution < 1.29 is 13.2 Å². The number of sulfonamides is 1. The Bertz CT molecular complexity index is 485. The van der Waals surface area contributed by atoms with E-state index in [2.05, 4.69) is 4.98 Å². The molecule has 1 rings (SSSR count). The van der Waals surface area contributed by atoms with Crippen molar-refractivity contribution >= 4 is 10.0 Å². The summed E-state index contributed by atoms with van der Waals surface area (Å²) in [6.45, 7) is 4.77. The number of nitrogens with two attached hydrogens (primary N) is 1. The van der Waals surface area contributed by atoms with E-state index in [0.717, 1.165) is 0 Å². The fourth-order valence-electron chi connectivity index (χ4n) is 1.40. The van der Waals surface area contributed by atoms with Crippen LogP contribution in [0.25, 0.3) is 0 Å². The molecule has 0 saturated carbocycles. The molecule has 2 N–H and O–H groups in total. The number of rotatable bonds is 7. The highest BCUT2D eigenvalue weighted by atomic mass is 32.2. The van der Waals surface area contributed by atoms with Gasteiger partial charge in [0, 0.05) is 26.3 Å². The average Bonchev–Trinajstić information content (AvgIpc) is 2.38. The smallest absolute Gasteiger partial charge is 0.244 e. The topological polar surface area (TPSA) is 85.5 Å². The zero-order valence-electron chi connectivity index (χ0n) is 11.5. The molecule has 0 aliphatic heterocycles. The van der Waals surface area contributed by atoms with Gasteiger partial charge < -0.3 is 10.5 Å². The largest absolute Gasteiger partial charge is 0.377 e. The third-order valence-corrected chi connectivity index (χ3v) is 4.41. The van der Waals surface area contributed by atoms with Crippen LogP contribution in [-0.2, 0) is 21.3 Å². The Balaban J connectivity index is 2.72. The van der Waals surface area contributed by atoms with Crippen molar-refractivity contribution in [3.63, 3.8) is 0 Å². The van der Waals surface area contributed by atoms with Crippen LogP contribution in [0.3, 0.4) is 0 Å². The van der Waals surface area contributed by atoms with E-state index in [1.54, 1.807) is 6.07 Å². The second-order valence-corrected chi connectivity index (χ2v) is 6.48. The van der Waals surface area contributed by atoms with Gasteiger partial charge >= 0.3 is 0 Å². The molecular formula is C12H21N3O3S. The zero-order chi connectivity index (χ0) is 14.5. The first-order valence-corrected chi connectivity index (χ1v) is 7.55. The molecule has 1 aromatic rings. The first-order chi connectivity index (χ1) is 8.87. The Kier molecular flexibility index (Phi) is 5.86. The van der Waals surface area contributed by atoms with Crippen molar-refractivity contribution in [3.8, 4) is 0 Å². The molecule has 0 amide bonds. The fourth-order valence-corrected chi connectivity index (χ4v) is 2.50. The monoisotopic (exact) mass is 287 g/mol. The number of pyridine rings is 1. The number of hydrogen-bond donors (Lipinski definition) is 1. The second-order valence-electron chi connectivity index (χ2n) is 4.44. The van der Waals surface area contributed by atoms with E-state index in [1.807, 2.05) is 13.8 Å². The molecule has 108 valence electrons. The molecule has 19 heavy (non-hydrogen) atoms. The second kappa shape index (κ2) is 6.95. The molecule has 0 radical (unpaired) electrons. The van der Waals surface area contributed by atoms with Crippen LogP contribution < -0.4 is 5.73 Å². The lowest BCUT2D eigenvalue weighted by Gasteiger charge is -2.18. The third-order valence-electron chi connectivity index (χ3n) is 2.57. The molecule has 0 aliphatic rings. The Morgan fingerprint density at radius 2 is 2.11 bits per heavy atom.